The van der Waals surface area contributed by atoms with Gasteiger partial charge in [-0.25, -0.2) is 9.78 Å². The number of carbonyl (C=O) groups excluding carboxylic acids is 1. The van der Waals surface area contributed by atoms with E-state index in [9.17, 15) is 23.1 Å². The van der Waals surface area contributed by atoms with Gasteiger partial charge in [-0.2, -0.15) is 0 Å². The maximum atomic E-state index is 12.7. The smallest absolute Gasteiger partial charge is 0.394 e. The molecule has 0 radical (unpaired) electrons. The van der Waals surface area contributed by atoms with Crippen LogP contribution in [0.3, 0.4) is 0 Å². The number of urea groups is 1. The van der Waals surface area contributed by atoms with Crippen molar-refractivity contribution in [2.45, 2.75) is 38.8 Å². The van der Waals surface area contributed by atoms with E-state index in [0.717, 1.165) is 22.5 Å². The van der Waals surface area contributed by atoms with E-state index < -0.39 is 18.5 Å². The van der Waals surface area contributed by atoms with Crippen molar-refractivity contribution in [2.75, 3.05) is 61.5 Å². The molecule has 0 aliphatic carbocycles. The highest BCUT2D eigenvalue weighted by Gasteiger charge is 2.37. The largest absolute Gasteiger partial charge is 0.522 e. The van der Waals surface area contributed by atoms with Crippen molar-refractivity contribution >= 4 is 23.4 Å². The number of aliphatic hydroxyl groups excluding tert-OH is 1. The summed E-state index contributed by atoms with van der Waals surface area (Å²) in [6.07, 6.45) is -5.67. The molecule has 0 bridgehead atoms. The highest BCUT2D eigenvalue weighted by molar-refractivity contribution is 5.91. The lowest BCUT2D eigenvalue weighted by Crippen LogP contribution is -2.37. The number of pyridine rings is 1. The highest BCUT2D eigenvalue weighted by Crippen LogP contribution is 2.32. The number of hydrogen-bond donors (Lipinski definition) is 3. The number of hydrogen-bond acceptors (Lipinski definition) is 7. The average molecular weight is 524 g/mol. The second-order valence-electron chi connectivity index (χ2n) is 9.31. The average Bonchev–Trinajstić information content (AvgIpc) is 3.32. The lowest BCUT2D eigenvalue weighted by Gasteiger charge is -2.29. The van der Waals surface area contributed by atoms with E-state index >= 15 is 0 Å². The summed E-state index contributed by atoms with van der Waals surface area (Å²) in [6, 6.07) is 8.67. The monoisotopic (exact) mass is 523 g/mol. The molecule has 1 aromatic carbocycles. The van der Waals surface area contributed by atoms with Crippen LogP contribution < -0.4 is 15.5 Å². The summed E-state index contributed by atoms with van der Waals surface area (Å²) in [4.78, 5) is 20.9. The lowest BCUT2D eigenvalue weighted by molar-refractivity contribution is -0.340. The van der Waals surface area contributed by atoms with E-state index in [4.69, 9.17) is 9.72 Å². The Morgan fingerprint density at radius 1 is 1.24 bits per heavy atom. The zero-order chi connectivity index (χ0) is 26.6. The third-order valence-electron chi connectivity index (χ3n) is 6.35. The van der Waals surface area contributed by atoms with E-state index in [0.29, 0.717) is 37.8 Å². The molecule has 2 aliphatic rings. The molecule has 3 heterocycles. The van der Waals surface area contributed by atoms with E-state index in [2.05, 4.69) is 20.3 Å². The van der Waals surface area contributed by atoms with Gasteiger partial charge < -0.3 is 30.3 Å². The number of anilines is 3. The van der Waals surface area contributed by atoms with Crippen LogP contribution in [0.25, 0.3) is 11.1 Å². The van der Waals surface area contributed by atoms with E-state index in [1.807, 2.05) is 38.1 Å². The first-order chi connectivity index (χ1) is 17.6. The van der Waals surface area contributed by atoms with Gasteiger partial charge in [0, 0.05) is 37.9 Å². The lowest BCUT2D eigenvalue weighted by atomic mass is 10.00. The van der Waals surface area contributed by atoms with Crippen LogP contribution in [0.1, 0.15) is 18.9 Å². The zero-order valence-electron chi connectivity index (χ0n) is 20.8. The first kappa shape index (κ1) is 27.0. The molecule has 37 heavy (non-hydrogen) atoms. The molecule has 0 spiro atoms. The molecule has 2 aromatic rings. The maximum Gasteiger partial charge on any atom is 0.522 e. The summed E-state index contributed by atoms with van der Waals surface area (Å²) in [6.45, 7) is 6.42. The van der Waals surface area contributed by atoms with Crippen LogP contribution in [-0.2, 0) is 9.47 Å². The van der Waals surface area contributed by atoms with Crippen LogP contribution in [0.4, 0.5) is 35.3 Å². The SMILES string of the molecule is Cc1ccc(NC(=O)N2CCC(OC(F)(F)F)C2)cc1-c1cc(N[C@H](C)CO)nc(N2CCOCC2)c1. The Kier molecular flexibility index (Phi) is 8.40. The number of alkyl halides is 3. The number of aliphatic hydroxyl groups is 1. The fourth-order valence-electron chi connectivity index (χ4n) is 4.41. The van der Waals surface area contributed by atoms with Gasteiger partial charge in [0.1, 0.15) is 11.6 Å². The number of nitrogens with zero attached hydrogens (tertiary/aromatic N) is 3. The first-order valence-corrected chi connectivity index (χ1v) is 12.2. The minimum Gasteiger partial charge on any atom is -0.394 e. The molecule has 9 nitrogen and oxygen atoms in total. The molecule has 2 saturated heterocycles. The van der Waals surface area contributed by atoms with Gasteiger partial charge in [0.25, 0.3) is 0 Å². The molecule has 2 amide bonds. The van der Waals surface area contributed by atoms with Gasteiger partial charge in [-0.05, 0) is 61.2 Å². The molecule has 4 rings (SSSR count). The van der Waals surface area contributed by atoms with Crippen LogP contribution in [0.5, 0.6) is 0 Å². The summed E-state index contributed by atoms with van der Waals surface area (Å²) < 4.78 is 47.1. The number of nitrogens with one attached hydrogen (secondary N) is 2. The van der Waals surface area contributed by atoms with Gasteiger partial charge in [-0.3, -0.25) is 4.74 Å². The topological polar surface area (TPSA) is 99.2 Å². The van der Waals surface area contributed by atoms with Gasteiger partial charge in [0.15, 0.2) is 0 Å². The second-order valence-corrected chi connectivity index (χ2v) is 9.31. The first-order valence-electron chi connectivity index (χ1n) is 12.2. The number of carbonyl (C=O) groups is 1. The Balaban J connectivity index is 1.55. The minimum atomic E-state index is -4.73. The molecular formula is C25H32F3N5O4. The Morgan fingerprint density at radius 2 is 2.00 bits per heavy atom. The molecule has 2 atom stereocenters. The second kappa shape index (κ2) is 11.5. The Bertz CT molecular complexity index is 1090. The number of likely N-dealkylation sites (tertiary alicyclic amines) is 1. The molecule has 1 aromatic heterocycles. The van der Waals surface area contributed by atoms with Crippen LogP contribution in [-0.4, -0.2) is 85.5 Å². The predicted octanol–water partition coefficient (Wildman–Crippen LogP) is 3.83. The summed E-state index contributed by atoms with van der Waals surface area (Å²) in [7, 11) is 0. The van der Waals surface area contributed by atoms with Crippen LogP contribution in [0, 0.1) is 6.92 Å². The number of aryl methyl sites for hydroxylation is 1. The number of halogens is 3. The highest BCUT2D eigenvalue weighted by atomic mass is 19.4. The van der Waals surface area contributed by atoms with E-state index in [1.165, 1.54) is 4.90 Å². The van der Waals surface area contributed by atoms with Crippen LogP contribution in [0.2, 0.25) is 0 Å². The molecule has 1 unspecified atom stereocenters. The molecule has 0 saturated carbocycles. The van der Waals surface area contributed by atoms with E-state index in [-0.39, 0.29) is 32.2 Å². The van der Waals surface area contributed by atoms with Crippen molar-refractivity contribution in [1.82, 2.24) is 9.88 Å². The summed E-state index contributed by atoms with van der Waals surface area (Å²) in [5.74, 6) is 1.39. The Hall–Kier alpha value is -3.09. The molecule has 3 N–H and O–H groups in total. The number of rotatable bonds is 7. The number of ether oxygens (including phenoxy) is 2. The van der Waals surface area contributed by atoms with Gasteiger partial charge in [-0.1, -0.05) is 6.07 Å². The Labute approximate surface area is 213 Å². The molecular weight excluding hydrogens is 491 g/mol. The van der Waals surface area contributed by atoms with Crippen molar-refractivity contribution < 1.29 is 32.5 Å². The molecule has 12 heteroatoms. The number of morpholine rings is 1. The zero-order valence-corrected chi connectivity index (χ0v) is 20.8. The fourth-order valence-corrected chi connectivity index (χ4v) is 4.41. The van der Waals surface area contributed by atoms with Crippen molar-refractivity contribution in [2.24, 2.45) is 0 Å². The maximum absolute atomic E-state index is 12.7. The fraction of sp³-hybridized carbons (Fsp3) is 0.520. The van der Waals surface area contributed by atoms with Crippen molar-refractivity contribution in [3.8, 4) is 11.1 Å². The predicted molar refractivity (Wildman–Crippen MR) is 134 cm³/mol. The quantitative estimate of drug-likeness (QED) is 0.507. The van der Waals surface area contributed by atoms with Crippen LogP contribution >= 0.6 is 0 Å². The number of benzene rings is 1. The number of aromatic nitrogens is 1. The summed E-state index contributed by atoms with van der Waals surface area (Å²) in [5, 5.41) is 15.5. The summed E-state index contributed by atoms with van der Waals surface area (Å²) >= 11 is 0. The minimum absolute atomic E-state index is 0.0509. The normalized spacial score (nSPS) is 19.1. The van der Waals surface area contributed by atoms with Crippen LogP contribution in [0.15, 0.2) is 30.3 Å². The standard InChI is InChI=1S/C25H32F3N5O4/c1-16-3-4-19(30-24(35)33-6-5-20(14-33)37-25(26,27)28)13-21(16)18-11-22(29-17(2)15-34)31-23(12-18)32-7-9-36-10-8-32/h3-4,11-13,17,20,34H,5-10,14-15H2,1-2H3,(H,29,31)(H,30,35)/t17-,20?/m1/s1. The third-order valence-corrected chi connectivity index (χ3v) is 6.35. The van der Waals surface area contributed by atoms with Crippen molar-refractivity contribution in [1.29, 1.82) is 0 Å². The van der Waals surface area contributed by atoms with Crippen molar-refractivity contribution in [3.63, 3.8) is 0 Å². The molecule has 2 aliphatic heterocycles. The summed E-state index contributed by atoms with van der Waals surface area (Å²) in [5.41, 5.74) is 3.23. The van der Waals surface area contributed by atoms with Gasteiger partial charge >= 0.3 is 12.4 Å². The van der Waals surface area contributed by atoms with E-state index in [1.54, 1.807) is 6.07 Å². The molecule has 2 fully saturated rings. The molecule has 202 valence electrons. The third kappa shape index (κ3) is 7.24. The number of amides is 2. The van der Waals surface area contributed by atoms with Gasteiger partial charge in [0.2, 0.25) is 0 Å². The Morgan fingerprint density at radius 3 is 2.70 bits per heavy atom. The van der Waals surface area contributed by atoms with Crippen molar-refractivity contribution in [3.05, 3.63) is 35.9 Å². The van der Waals surface area contributed by atoms with Gasteiger partial charge in [-0.15, -0.1) is 13.2 Å². The van der Waals surface area contributed by atoms with Gasteiger partial charge in [0.05, 0.1) is 25.9 Å².